The van der Waals surface area contributed by atoms with Gasteiger partial charge in [-0.3, -0.25) is 4.68 Å². The van der Waals surface area contributed by atoms with E-state index in [1.54, 1.807) is 21.4 Å². The lowest BCUT2D eigenvalue weighted by Crippen LogP contribution is -2.40. The highest BCUT2D eigenvalue weighted by atomic mass is 32.2. The molecule has 0 spiro atoms. The monoisotopic (exact) mass is 326 g/mol. The van der Waals surface area contributed by atoms with E-state index >= 15 is 0 Å². The van der Waals surface area contributed by atoms with Crippen LogP contribution < -0.4 is 0 Å². The molecule has 0 amide bonds. The first kappa shape index (κ1) is 14.7. The minimum Gasteiger partial charge on any atom is -0.253 e. The number of hydrogen-bond acceptors (Lipinski definition) is 5. The zero-order chi connectivity index (χ0) is 14.9. The van der Waals surface area contributed by atoms with Gasteiger partial charge in [-0.15, -0.1) is 11.3 Å². The minimum absolute atomic E-state index is 0.288. The number of aryl methyl sites for hydroxylation is 1. The highest BCUT2D eigenvalue weighted by Crippen LogP contribution is 2.28. The van der Waals surface area contributed by atoms with Crippen LogP contribution in [0.4, 0.5) is 0 Å². The topological polar surface area (TPSA) is 68.1 Å². The Morgan fingerprint density at radius 3 is 2.95 bits per heavy atom. The lowest BCUT2D eigenvalue weighted by molar-refractivity contribution is 0.240. The van der Waals surface area contributed by atoms with Crippen LogP contribution in [-0.4, -0.2) is 40.6 Å². The zero-order valence-electron chi connectivity index (χ0n) is 11.8. The van der Waals surface area contributed by atoms with Crippen molar-refractivity contribution in [3.8, 4) is 0 Å². The van der Waals surface area contributed by atoms with Crippen molar-refractivity contribution < 1.29 is 8.42 Å². The normalized spacial score (nSPS) is 20.7. The van der Waals surface area contributed by atoms with Gasteiger partial charge in [-0.05, 0) is 37.8 Å². The van der Waals surface area contributed by atoms with E-state index in [4.69, 9.17) is 0 Å². The molecular weight excluding hydrogens is 308 g/mol. The third-order valence-electron chi connectivity index (χ3n) is 3.70. The Balaban J connectivity index is 1.73. The van der Waals surface area contributed by atoms with Crippen LogP contribution in [0, 0.1) is 12.8 Å². The summed E-state index contributed by atoms with van der Waals surface area (Å²) in [5.74, 6) is 0.288. The average molecular weight is 326 g/mol. The molecule has 1 aliphatic rings. The van der Waals surface area contributed by atoms with Crippen molar-refractivity contribution in [3.63, 3.8) is 0 Å². The molecule has 0 unspecified atom stereocenters. The second kappa shape index (κ2) is 5.86. The van der Waals surface area contributed by atoms with Gasteiger partial charge >= 0.3 is 0 Å². The Morgan fingerprint density at radius 1 is 1.43 bits per heavy atom. The first-order valence-corrected chi connectivity index (χ1v) is 9.20. The summed E-state index contributed by atoms with van der Waals surface area (Å²) in [5.41, 5.74) is 0. The van der Waals surface area contributed by atoms with Crippen molar-refractivity contribution in [3.05, 3.63) is 29.7 Å². The molecule has 1 fully saturated rings. The molecule has 2 aromatic rings. The van der Waals surface area contributed by atoms with Gasteiger partial charge in [-0.1, -0.05) is 0 Å². The summed E-state index contributed by atoms with van der Waals surface area (Å²) in [5, 5.41) is 4.10. The smallest absolute Gasteiger partial charge is 0.252 e. The summed E-state index contributed by atoms with van der Waals surface area (Å²) in [6.45, 7) is 3.80. The van der Waals surface area contributed by atoms with Gasteiger partial charge in [0.05, 0.1) is 0 Å². The largest absolute Gasteiger partial charge is 0.253 e. The number of thiophene rings is 1. The molecule has 0 radical (unpaired) electrons. The third-order valence-corrected chi connectivity index (χ3v) is 7.04. The lowest BCUT2D eigenvalue weighted by Gasteiger charge is -2.31. The summed E-state index contributed by atoms with van der Waals surface area (Å²) in [4.78, 5) is 4.95. The first-order chi connectivity index (χ1) is 10.1. The molecule has 2 aromatic heterocycles. The maximum Gasteiger partial charge on any atom is 0.252 e. The van der Waals surface area contributed by atoms with Crippen LogP contribution in [0.25, 0.3) is 0 Å². The number of rotatable bonds is 4. The number of nitrogens with zero attached hydrogens (tertiary/aromatic N) is 4. The van der Waals surface area contributed by atoms with Crippen LogP contribution in [0.2, 0.25) is 0 Å². The maximum absolute atomic E-state index is 12.7. The summed E-state index contributed by atoms with van der Waals surface area (Å²) in [6.07, 6.45) is 5.10. The van der Waals surface area contributed by atoms with E-state index < -0.39 is 10.0 Å². The summed E-state index contributed by atoms with van der Waals surface area (Å²) < 4.78 is 29.1. The van der Waals surface area contributed by atoms with Crippen molar-refractivity contribution in [2.75, 3.05) is 13.1 Å². The van der Waals surface area contributed by atoms with Crippen LogP contribution in [-0.2, 0) is 16.6 Å². The van der Waals surface area contributed by atoms with E-state index in [2.05, 4.69) is 10.1 Å². The molecule has 114 valence electrons. The van der Waals surface area contributed by atoms with Crippen molar-refractivity contribution in [1.29, 1.82) is 0 Å². The van der Waals surface area contributed by atoms with Gasteiger partial charge in [0.1, 0.15) is 16.9 Å². The quantitative estimate of drug-likeness (QED) is 0.858. The molecule has 0 saturated carbocycles. The third kappa shape index (κ3) is 3.17. The molecule has 3 heterocycles. The molecule has 1 atom stereocenters. The van der Waals surface area contributed by atoms with Crippen LogP contribution in [0.5, 0.6) is 0 Å². The molecule has 0 N–H and O–H groups in total. The average Bonchev–Trinajstić information content (AvgIpc) is 3.11. The van der Waals surface area contributed by atoms with E-state index in [1.807, 2.05) is 13.0 Å². The number of aromatic nitrogens is 3. The van der Waals surface area contributed by atoms with E-state index in [-0.39, 0.29) is 5.92 Å². The van der Waals surface area contributed by atoms with Crippen molar-refractivity contribution in [2.45, 2.75) is 30.5 Å². The summed E-state index contributed by atoms with van der Waals surface area (Å²) >= 11 is 1.34. The lowest BCUT2D eigenvalue weighted by atomic mass is 10.00. The Bertz CT molecular complexity index is 694. The van der Waals surface area contributed by atoms with Crippen LogP contribution in [0.3, 0.4) is 0 Å². The number of hydrogen-bond donors (Lipinski definition) is 0. The Labute approximate surface area is 128 Å². The Morgan fingerprint density at radius 2 is 2.29 bits per heavy atom. The number of sulfonamides is 1. The van der Waals surface area contributed by atoms with Gasteiger partial charge in [0, 0.05) is 24.5 Å². The van der Waals surface area contributed by atoms with Crippen molar-refractivity contribution in [2.24, 2.45) is 5.92 Å². The predicted octanol–water partition coefficient (Wildman–Crippen LogP) is 1.75. The fraction of sp³-hybridized carbons (Fsp3) is 0.538. The Kier molecular flexibility index (Phi) is 4.10. The molecule has 1 saturated heterocycles. The van der Waals surface area contributed by atoms with E-state index in [1.165, 1.54) is 17.7 Å². The second-order valence-corrected chi connectivity index (χ2v) is 8.81. The molecule has 0 bridgehead atoms. The summed E-state index contributed by atoms with van der Waals surface area (Å²) in [7, 11) is -3.35. The van der Waals surface area contributed by atoms with Gasteiger partial charge in [0.25, 0.3) is 10.0 Å². The van der Waals surface area contributed by atoms with Crippen molar-refractivity contribution >= 4 is 21.4 Å². The van der Waals surface area contributed by atoms with Crippen LogP contribution in [0.15, 0.2) is 29.0 Å². The fourth-order valence-electron chi connectivity index (χ4n) is 2.66. The molecule has 1 aliphatic heterocycles. The standard InChI is InChI=1S/C13H18N4O2S2/c1-11-4-5-13(20-11)21(18,19)17-6-2-3-12(8-17)7-16-10-14-9-15-16/h4-5,9-10,12H,2-3,6-8H2,1H3/t12-/m1/s1. The summed E-state index contributed by atoms with van der Waals surface area (Å²) in [6, 6.07) is 3.56. The van der Waals surface area contributed by atoms with Gasteiger partial charge in [0.2, 0.25) is 0 Å². The highest BCUT2D eigenvalue weighted by Gasteiger charge is 2.31. The molecule has 0 aliphatic carbocycles. The molecule has 8 heteroatoms. The molecule has 0 aromatic carbocycles. The Hall–Kier alpha value is -1.25. The van der Waals surface area contributed by atoms with E-state index in [9.17, 15) is 8.42 Å². The van der Waals surface area contributed by atoms with E-state index in [0.717, 1.165) is 24.3 Å². The van der Waals surface area contributed by atoms with Gasteiger partial charge in [0.15, 0.2) is 0 Å². The SMILES string of the molecule is Cc1ccc(S(=O)(=O)N2CCC[C@H](Cn3cncn3)C2)s1. The molecule has 3 rings (SSSR count). The predicted molar refractivity (Wildman–Crippen MR) is 80.6 cm³/mol. The molecule has 21 heavy (non-hydrogen) atoms. The molecule has 6 nitrogen and oxygen atoms in total. The van der Waals surface area contributed by atoms with Gasteiger partial charge in [-0.25, -0.2) is 13.4 Å². The highest BCUT2D eigenvalue weighted by molar-refractivity contribution is 7.91. The maximum atomic E-state index is 12.7. The van der Waals surface area contributed by atoms with E-state index in [0.29, 0.717) is 17.3 Å². The minimum atomic E-state index is -3.35. The zero-order valence-corrected chi connectivity index (χ0v) is 13.5. The first-order valence-electron chi connectivity index (χ1n) is 6.95. The van der Waals surface area contributed by atoms with Gasteiger partial charge < -0.3 is 0 Å². The van der Waals surface area contributed by atoms with Crippen LogP contribution >= 0.6 is 11.3 Å². The number of piperidine rings is 1. The van der Waals surface area contributed by atoms with Gasteiger partial charge in [-0.2, -0.15) is 9.40 Å². The van der Waals surface area contributed by atoms with Crippen LogP contribution in [0.1, 0.15) is 17.7 Å². The molecular formula is C13H18N4O2S2. The fourth-order valence-corrected chi connectivity index (χ4v) is 5.66. The second-order valence-electron chi connectivity index (χ2n) is 5.35. The van der Waals surface area contributed by atoms with Crippen molar-refractivity contribution in [1.82, 2.24) is 19.1 Å².